The van der Waals surface area contributed by atoms with Crippen LogP contribution in [0, 0.1) is 5.41 Å². The van der Waals surface area contributed by atoms with Crippen molar-refractivity contribution in [3.63, 3.8) is 0 Å². The number of carbonyl (C=O) groups is 1. The first-order chi connectivity index (χ1) is 8.72. The van der Waals surface area contributed by atoms with E-state index in [2.05, 4.69) is 5.32 Å². The maximum Gasteiger partial charge on any atom is 0.227 e. The first-order valence-electron chi connectivity index (χ1n) is 6.38. The standard InChI is InChI=1S/C14H18N2O2/c1-18-12-4-2-11(3-5-12)16-10-14(8-13(16)17)6-7-15-9-14/h2-5,15H,6-10H2,1H3/t14-/m1/s1. The number of anilines is 1. The molecular formula is C14H18N2O2. The van der Waals surface area contributed by atoms with Crippen molar-refractivity contribution in [1.82, 2.24) is 5.32 Å². The number of rotatable bonds is 2. The van der Waals surface area contributed by atoms with E-state index in [0.29, 0.717) is 6.42 Å². The molecule has 4 nitrogen and oxygen atoms in total. The molecule has 18 heavy (non-hydrogen) atoms. The SMILES string of the molecule is COc1ccc(N2C[C@]3(CCNC3)CC2=O)cc1. The van der Waals surface area contributed by atoms with Crippen LogP contribution in [0.1, 0.15) is 12.8 Å². The molecule has 1 aromatic carbocycles. The number of nitrogens with one attached hydrogen (secondary N) is 1. The molecule has 1 spiro atoms. The third-order valence-electron chi connectivity index (χ3n) is 4.04. The van der Waals surface area contributed by atoms with Crippen molar-refractivity contribution >= 4 is 11.6 Å². The summed E-state index contributed by atoms with van der Waals surface area (Å²) in [4.78, 5) is 14.1. The predicted molar refractivity (Wildman–Crippen MR) is 69.9 cm³/mol. The Hall–Kier alpha value is -1.55. The van der Waals surface area contributed by atoms with E-state index in [9.17, 15) is 4.79 Å². The van der Waals surface area contributed by atoms with Gasteiger partial charge in [0.2, 0.25) is 5.91 Å². The van der Waals surface area contributed by atoms with Gasteiger partial charge in [-0.1, -0.05) is 0 Å². The number of hydrogen-bond acceptors (Lipinski definition) is 3. The second kappa shape index (κ2) is 4.28. The van der Waals surface area contributed by atoms with Crippen LogP contribution in [0.4, 0.5) is 5.69 Å². The lowest BCUT2D eigenvalue weighted by Gasteiger charge is -2.22. The van der Waals surface area contributed by atoms with Gasteiger partial charge in [0, 0.05) is 30.6 Å². The van der Waals surface area contributed by atoms with Gasteiger partial charge in [0.05, 0.1) is 7.11 Å². The van der Waals surface area contributed by atoms with Crippen molar-refractivity contribution in [3.8, 4) is 5.75 Å². The van der Waals surface area contributed by atoms with E-state index in [1.165, 1.54) is 0 Å². The Morgan fingerprint density at radius 3 is 2.72 bits per heavy atom. The molecule has 0 saturated carbocycles. The molecule has 0 radical (unpaired) electrons. The van der Waals surface area contributed by atoms with Gasteiger partial charge in [-0.25, -0.2) is 0 Å². The van der Waals surface area contributed by atoms with Crippen molar-refractivity contribution in [3.05, 3.63) is 24.3 Å². The zero-order chi connectivity index (χ0) is 12.6. The number of methoxy groups -OCH3 is 1. The molecular weight excluding hydrogens is 228 g/mol. The van der Waals surface area contributed by atoms with Gasteiger partial charge < -0.3 is 15.0 Å². The van der Waals surface area contributed by atoms with Crippen LogP contribution in [0.15, 0.2) is 24.3 Å². The van der Waals surface area contributed by atoms with E-state index in [4.69, 9.17) is 4.74 Å². The van der Waals surface area contributed by atoms with Crippen LogP contribution in [0.3, 0.4) is 0 Å². The Labute approximate surface area is 107 Å². The summed E-state index contributed by atoms with van der Waals surface area (Å²) in [5.41, 5.74) is 1.14. The lowest BCUT2D eigenvalue weighted by atomic mass is 9.86. The van der Waals surface area contributed by atoms with Gasteiger partial charge >= 0.3 is 0 Å². The highest BCUT2D eigenvalue weighted by atomic mass is 16.5. The molecule has 1 aromatic rings. The van der Waals surface area contributed by atoms with Gasteiger partial charge in [-0.3, -0.25) is 4.79 Å². The van der Waals surface area contributed by atoms with Crippen molar-refractivity contribution in [2.75, 3.05) is 31.6 Å². The van der Waals surface area contributed by atoms with Gasteiger partial charge in [-0.2, -0.15) is 0 Å². The van der Waals surface area contributed by atoms with Crippen molar-refractivity contribution in [2.45, 2.75) is 12.8 Å². The Morgan fingerprint density at radius 1 is 1.33 bits per heavy atom. The molecule has 0 aliphatic carbocycles. The van der Waals surface area contributed by atoms with Crippen LogP contribution in [0.25, 0.3) is 0 Å². The second-order valence-corrected chi connectivity index (χ2v) is 5.28. The number of hydrogen-bond donors (Lipinski definition) is 1. The van der Waals surface area contributed by atoms with E-state index < -0.39 is 0 Å². The van der Waals surface area contributed by atoms with E-state index >= 15 is 0 Å². The van der Waals surface area contributed by atoms with Crippen LogP contribution in [0.2, 0.25) is 0 Å². The van der Waals surface area contributed by atoms with Crippen LogP contribution < -0.4 is 15.0 Å². The fourth-order valence-electron chi connectivity index (χ4n) is 2.97. The first-order valence-corrected chi connectivity index (χ1v) is 6.38. The molecule has 4 heteroatoms. The van der Waals surface area contributed by atoms with E-state index in [1.54, 1.807) is 7.11 Å². The second-order valence-electron chi connectivity index (χ2n) is 5.28. The molecule has 96 valence electrons. The molecule has 1 amide bonds. The normalized spacial score (nSPS) is 27.2. The molecule has 2 heterocycles. The smallest absolute Gasteiger partial charge is 0.227 e. The summed E-state index contributed by atoms with van der Waals surface area (Å²) in [6.07, 6.45) is 1.78. The monoisotopic (exact) mass is 246 g/mol. The predicted octanol–water partition coefficient (Wildman–Crippen LogP) is 1.41. The summed E-state index contributed by atoms with van der Waals surface area (Å²) in [5, 5.41) is 3.37. The Kier molecular flexibility index (Phi) is 2.74. The molecule has 3 rings (SSSR count). The van der Waals surface area contributed by atoms with E-state index in [0.717, 1.165) is 37.5 Å². The third-order valence-corrected chi connectivity index (χ3v) is 4.04. The molecule has 2 aliphatic heterocycles. The van der Waals surface area contributed by atoms with Crippen molar-refractivity contribution in [1.29, 1.82) is 0 Å². The Bertz CT molecular complexity index is 449. The number of ether oxygens (including phenoxy) is 1. The molecule has 2 fully saturated rings. The van der Waals surface area contributed by atoms with Gasteiger partial charge in [-0.05, 0) is 37.2 Å². The van der Waals surface area contributed by atoms with Crippen LogP contribution in [0.5, 0.6) is 5.75 Å². The topological polar surface area (TPSA) is 41.6 Å². The van der Waals surface area contributed by atoms with Crippen molar-refractivity contribution < 1.29 is 9.53 Å². The highest BCUT2D eigenvalue weighted by Crippen LogP contribution is 2.39. The number of benzene rings is 1. The molecule has 0 aromatic heterocycles. The Balaban J connectivity index is 1.81. The van der Waals surface area contributed by atoms with Crippen LogP contribution in [-0.4, -0.2) is 32.7 Å². The third kappa shape index (κ3) is 1.86. The first kappa shape index (κ1) is 11.5. The highest BCUT2D eigenvalue weighted by molar-refractivity contribution is 5.96. The lowest BCUT2D eigenvalue weighted by Crippen LogP contribution is -2.29. The molecule has 0 unspecified atom stereocenters. The summed E-state index contributed by atoms with van der Waals surface area (Å²) in [6, 6.07) is 7.72. The molecule has 1 atom stereocenters. The average molecular weight is 246 g/mol. The maximum absolute atomic E-state index is 12.2. The number of nitrogens with zero attached hydrogens (tertiary/aromatic N) is 1. The summed E-state index contributed by atoms with van der Waals surface area (Å²) in [7, 11) is 1.65. The van der Waals surface area contributed by atoms with Gasteiger partial charge in [0.1, 0.15) is 5.75 Å². The minimum absolute atomic E-state index is 0.164. The van der Waals surface area contributed by atoms with Gasteiger partial charge in [0.15, 0.2) is 0 Å². The fraction of sp³-hybridized carbons (Fsp3) is 0.500. The molecule has 0 bridgehead atoms. The highest BCUT2D eigenvalue weighted by Gasteiger charge is 2.45. The minimum Gasteiger partial charge on any atom is -0.497 e. The Morgan fingerprint density at radius 2 is 2.11 bits per heavy atom. The summed E-state index contributed by atoms with van der Waals surface area (Å²) < 4.78 is 5.14. The summed E-state index contributed by atoms with van der Waals surface area (Å²) in [6.45, 7) is 2.83. The van der Waals surface area contributed by atoms with Gasteiger partial charge in [0.25, 0.3) is 0 Å². The van der Waals surface area contributed by atoms with Crippen molar-refractivity contribution in [2.24, 2.45) is 5.41 Å². The average Bonchev–Trinajstić information content (AvgIpc) is 2.97. The molecule has 2 aliphatic rings. The zero-order valence-corrected chi connectivity index (χ0v) is 10.6. The quantitative estimate of drug-likeness (QED) is 0.858. The van der Waals surface area contributed by atoms with Crippen LogP contribution in [-0.2, 0) is 4.79 Å². The zero-order valence-electron chi connectivity index (χ0n) is 10.6. The van der Waals surface area contributed by atoms with Gasteiger partial charge in [-0.15, -0.1) is 0 Å². The summed E-state index contributed by atoms with van der Waals surface area (Å²) in [5.74, 6) is 1.06. The largest absolute Gasteiger partial charge is 0.497 e. The van der Waals surface area contributed by atoms with E-state index in [1.807, 2.05) is 29.2 Å². The number of amides is 1. The minimum atomic E-state index is 0.164. The fourth-order valence-corrected chi connectivity index (χ4v) is 2.97. The molecule has 2 saturated heterocycles. The number of carbonyl (C=O) groups excluding carboxylic acids is 1. The maximum atomic E-state index is 12.2. The van der Waals surface area contributed by atoms with E-state index in [-0.39, 0.29) is 11.3 Å². The summed E-state index contributed by atoms with van der Waals surface area (Å²) >= 11 is 0. The van der Waals surface area contributed by atoms with Crippen LogP contribution >= 0.6 is 0 Å². The lowest BCUT2D eigenvalue weighted by molar-refractivity contribution is -0.117. The molecule has 1 N–H and O–H groups in total.